The molecule has 1 aliphatic heterocycles. The van der Waals surface area contributed by atoms with Gasteiger partial charge < -0.3 is 15.2 Å². The van der Waals surface area contributed by atoms with E-state index in [0.717, 1.165) is 28.6 Å². The van der Waals surface area contributed by atoms with E-state index in [1.807, 2.05) is 0 Å². The average molecular weight is 451 g/mol. The second kappa shape index (κ2) is 8.80. The highest BCUT2D eigenvalue weighted by Crippen LogP contribution is 2.42. The lowest BCUT2D eigenvalue weighted by molar-refractivity contribution is -0.119. The maximum Gasteiger partial charge on any atom is 0.409 e. The first-order valence-electron chi connectivity index (χ1n) is 9.48. The van der Waals surface area contributed by atoms with Gasteiger partial charge in [0.15, 0.2) is 0 Å². The van der Waals surface area contributed by atoms with E-state index in [4.69, 9.17) is 9.84 Å². The summed E-state index contributed by atoms with van der Waals surface area (Å²) in [5, 5.41) is 13.8. The topological polar surface area (TPSA) is 125 Å². The van der Waals surface area contributed by atoms with Crippen LogP contribution in [0.25, 0.3) is 0 Å². The highest BCUT2D eigenvalue weighted by Gasteiger charge is 2.42. The smallest absolute Gasteiger partial charge is 0.409 e. The first-order chi connectivity index (χ1) is 14.6. The fourth-order valence-electron chi connectivity index (χ4n) is 3.44. The van der Waals surface area contributed by atoms with E-state index in [1.165, 1.54) is 25.1 Å². The number of amides is 2. The molecule has 2 atom stereocenters. The molecule has 3 rings (SSSR count). The Bertz CT molecular complexity index is 1090. The third kappa shape index (κ3) is 4.71. The van der Waals surface area contributed by atoms with Crippen LogP contribution in [0, 0.1) is 5.82 Å². The number of fused-ring (bicyclic) bond motifs is 1. The molecule has 0 saturated heterocycles. The molecule has 2 aromatic carbocycles. The molecule has 0 fully saturated rings. The van der Waals surface area contributed by atoms with Crippen molar-refractivity contribution in [3.05, 3.63) is 48.3 Å². The van der Waals surface area contributed by atoms with Crippen LogP contribution < -0.4 is 19.7 Å². The van der Waals surface area contributed by atoms with Crippen molar-refractivity contribution in [3.63, 3.8) is 0 Å². The minimum absolute atomic E-state index is 0.0673. The standard InChI is InChI=1S/C20H22FN3O6S/c1-3-16-19(11-22-12(2)25)30-18-9-6-14(23-20(26)27)10-17(18)24(16)31(28,29)15-7-4-13(21)5-8-15/h4-10,16,19,23H,3,11H2,1-2H3,(H,22,25)(H,26,27). The number of halogens is 1. The summed E-state index contributed by atoms with van der Waals surface area (Å²) in [6.45, 7) is 3.18. The van der Waals surface area contributed by atoms with Gasteiger partial charge >= 0.3 is 6.09 Å². The van der Waals surface area contributed by atoms with Crippen LogP contribution in [0.3, 0.4) is 0 Å². The molecule has 1 heterocycles. The lowest BCUT2D eigenvalue weighted by Crippen LogP contribution is -2.55. The minimum atomic E-state index is -4.17. The van der Waals surface area contributed by atoms with Crippen molar-refractivity contribution in [2.45, 2.75) is 37.3 Å². The molecular formula is C20H22FN3O6S. The molecule has 1 aliphatic rings. The van der Waals surface area contributed by atoms with E-state index >= 15 is 0 Å². The van der Waals surface area contributed by atoms with Crippen molar-refractivity contribution in [2.75, 3.05) is 16.2 Å². The SMILES string of the molecule is CCC1C(CNC(C)=O)Oc2ccc(NC(=O)O)cc2N1S(=O)(=O)c1ccc(F)cc1. The van der Waals surface area contributed by atoms with Gasteiger partial charge in [0, 0.05) is 12.6 Å². The van der Waals surface area contributed by atoms with Gasteiger partial charge in [-0.15, -0.1) is 0 Å². The number of carboxylic acid groups (broad SMARTS) is 1. The Balaban J connectivity index is 2.14. The van der Waals surface area contributed by atoms with Gasteiger partial charge in [-0.3, -0.25) is 14.4 Å². The van der Waals surface area contributed by atoms with Crippen LogP contribution in [0.1, 0.15) is 20.3 Å². The van der Waals surface area contributed by atoms with Gasteiger partial charge in [-0.05, 0) is 48.9 Å². The molecule has 2 amide bonds. The number of hydrogen-bond acceptors (Lipinski definition) is 5. The number of carbonyl (C=O) groups excluding carboxylic acids is 1. The summed E-state index contributed by atoms with van der Waals surface area (Å²) in [6.07, 6.45) is -1.67. The number of nitrogens with one attached hydrogen (secondary N) is 2. The monoisotopic (exact) mass is 451 g/mol. The lowest BCUT2D eigenvalue weighted by atomic mass is 10.0. The Hall–Kier alpha value is -3.34. The number of carbonyl (C=O) groups is 2. The molecule has 0 saturated carbocycles. The normalized spacial score (nSPS) is 18.0. The summed E-state index contributed by atoms with van der Waals surface area (Å²) >= 11 is 0. The van der Waals surface area contributed by atoms with Crippen molar-refractivity contribution in [1.82, 2.24) is 5.32 Å². The summed E-state index contributed by atoms with van der Waals surface area (Å²) in [7, 11) is -4.17. The van der Waals surface area contributed by atoms with Crippen LogP contribution in [-0.4, -0.2) is 44.2 Å². The molecule has 0 radical (unpaired) electrons. The van der Waals surface area contributed by atoms with Gasteiger partial charge in [0.25, 0.3) is 10.0 Å². The van der Waals surface area contributed by atoms with Gasteiger partial charge in [-0.25, -0.2) is 17.6 Å². The molecule has 0 bridgehead atoms. The summed E-state index contributed by atoms with van der Waals surface area (Å²) in [5.74, 6) is -0.662. The summed E-state index contributed by atoms with van der Waals surface area (Å²) in [4.78, 5) is 22.3. The van der Waals surface area contributed by atoms with E-state index in [0.29, 0.717) is 6.42 Å². The number of nitrogens with zero attached hydrogens (tertiary/aromatic N) is 1. The van der Waals surface area contributed by atoms with E-state index in [9.17, 15) is 22.4 Å². The number of anilines is 2. The second-order valence-corrected chi connectivity index (χ2v) is 8.75. The number of ether oxygens (including phenoxy) is 1. The van der Waals surface area contributed by atoms with Crippen LogP contribution in [0.15, 0.2) is 47.4 Å². The quantitative estimate of drug-likeness (QED) is 0.620. The minimum Gasteiger partial charge on any atom is -0.484 e. The van der Waals surface area contributed by atoms with Gasteiger partial charge in [0.1, 0.15) is 17.7 Å². The third-order valence-electron chi connectivity index (χ3n) is 4.80. The van der Waals surface area contributed by atoms with E-state index < -0.39 is 34.1 Å². The zero-order chi connectivity index (χ0) is 22.8. The van der Waals surface area contributed by atoms with Crippen molar-refractivity contribution in [2.24, 2.45) is 0 Å². The number of rotatable bonds is 6. The molecule has 2 unspecified atom stereocenters. The molecule has 3 N–H and O–H groups in total. The van der Waals surface area contributed by atoms with Crippen LogP contribution in [0.5, 0.6) is 5.75 Å². The molecule has 2 aromatic rings. The molecule has 31 heavy (non-hydrogen) atoms. The molecule has 0 aliphatic carbocycles. The maximum absolute atomic E-state index is 13.6. The van der Waals surface area contributed by atoms with Gasteiger partial charge in [-0.1, -0.05) is 6.92 Å². The fraction of sp³-hybridized carbons (Fsp3) is 0.300. The van der Waals surface area contributed by atoms with Crippen molar-refractivity contribution in [3.8, 4) is 5.75 Å². The highest BCUT2D eigenvalue weighted by molar-refractivity contribution is 7.92. The van der Waals surface area contributed by atoms with Crippen LogP contribution in [0.2, 0.25) is 0 Å². The van der Waals surface area contributed by atoms with Crippen LogP contribution in [0.4, 0.5) is 20.6 Å². The predicted molar refractivity (Wildman–Crippen MR) is 111 cm³/mol. The Kier molecular flexibility index (Phi) is 6.34. The maximum atomic E-state index is 13.6. The number of sulfonamides is 1. The molecule has 9 nitrogen and oxygen atoms in total. The highest BCUT2D eigenvalue weighted by atomic mass is 32.2. The second-order valence-electron chi connectivity index (χ2n) is 6.94. The van der Waals surface area contributed by atoms with Gasteiger partial charge in [0.05, 0.1) is 23.2 Å². The Morgan fingerprint density at radius 1 is 1.19 bits per heavy atom. The molecule has 0 spiro atoms. The van der Waals surface area contributed by atoms with Crippen molar-refractivity contribution in [1.29, 1.82) is 0 Å². The predicted octanol–water partition coefficient (Wildman–Crippen LogP) is 2.79. The van der Waals surface area contributed by atoms with Crippen LogP contribution >= 0.6 is 0 Å². The summed E-state index contributed by atoms with van der Waals surface area (Å²) < 4.78 is 47.6. The van der Waals surface area contributed by atoms with Crippen molar-refractivity contribution < 1.29 is 32.2 Å². The average Bonchev–Trinajstić information content (AvgIpc) is 2.70. The molecular weight excluding hydrogens is 429 g/mol. The third-order valence-corrected chi connectivity index (χ3v) is 6.65. The zero-order valence-corrected chi connectivity index (χ0v) is 17.6. The number of hydrogen-bond donors (Lipinski definition) is 3. The number of benzene rings is 2. The fourth-order valence-corrected chi connectivity index (χ4v) is 5.19. The largest absolute Gasteiger partial charge is 0.484 e. The van der Waals surface area contributed by atoms with E-state index in [-0.39, 0.29) is 34.5 Å². The van der Waals surface area contributed by atoms with Gasteiger partial charge in [-0.2, -0.15) is 0 Å². The van der Waals surface area contributed by atoms with Gasteiger partial charge in [0.2, 0.25) is 5.91 Å². The first kappa shape index (κ1) is 22.3. The Morgan fingerprint density at radius 2 is 1.87 bits per heavy atom. The first-order valence-corrected chi connectivity index (χ1v) is 10.9. The van der Waals surface area contributed by atoms with Crippen molar-refractivity contribution >= 4 is 33.4 Å². The summed E-state index contributed by atoms with van der Waals surface area (Å²) in [5.41, 5.74) is 0.297. The Labute approximate surface area is 178 Å². The zero-order valence-electron chi connectivity index (χ0n) is 16.8. The lowest BCUT2D eigenvalue weighted by Gasteiger charge is -2.42. The molecule has 166 valence electrons. The van der Waals surface area contributed by atoms with E-state index in [2.05, 4.69) is 10.6 Å². The molecule has 0 aromatic heterocycles. The Morgan fingerprint density at radius 3 is 2.45 bits per heavy atom. The summed E-state index contributed by atoms with van der Waals surface area (Å²) in [6, 6.07) is 7.97. The van der Waals surface area contributed by atoms with Crippen LogP contribution in [-0.2, 0) is 14.8 Å². The van der Waals surface area contributed by atoms with E-state index in [1.54, 1.807) is 6.92 Å². The molecule has 11 heteroatoms.